The van der Waals surface area contributed by atoms with Crippen LogP contribution in [0.15, 0.2) is 22.7 Å². The maximum absolute atomic E-state index is 12.4. The highest BCUT2D eigenvalue weighted by molar-refractivity contribution is 9.10. The van der Waals surface area contributed by atoms with Gasteiger partial charge < -0.3 is 16.0 Å². The zero-order valence-corrected chi connectivity index (χ0v) is 14.2. The van der Waals surface area contributed by atoms with Crippen LogP contribution in [0.1, 0.15) is 30.6 Å². The molecule has 20 heavy (non-hydrogen) atoms. The van der Waals surface area contributed by atoms with Gasteiger partial charge in [0.05, 0.1) is 5.56 Å². The Balaban J connectivity index is 2.81. The molecule has 0 heterocycles. The molecule has 4 nitrogen and oxygen atoms in total. The summed E-state index contributed by atoms with van der Waals surface area (Å²) in [6, 6.07) is 5.45. The van der Waals surface area contributed by atoms with Gasteiger partial charge in [-0.2, -0.15) is 0 Å². The van der Waals surface area contributed by atoms with Gasteiger partial charge in [0, 0.05) is 22.7 Å². The SMILES string of the molecule is CC(C)CC(CN(C)C)NC(=O)c1cc(Br)ccc1N. The first-order valence-electron chi connectivity index (χ1n) is 6.80. The second-order valence-corrected chi connectivity index (χ2v) is 6.71. The number of carbonyl (C=O) groups is 1. The van der Waals surface area contributed by atoms with Gasteiger partial charge in [-0.05, 0) is 44.6 Å². The summed E-state index contributed by atoms with van der Waals surface area (Å²) in [6.45, 7) is 5.13. The Morgan fingerprint density at radius 3 is 2.60 bits per heavy atom. The molecule has 1 rings (SSSR count). The Labute approximate surface area is 129 Å². The smallest absolute Gasteiger partial charge is 0.253 e. The Kier molecular flexibility index (Phi) is 6.49. The number of hydrogen-bond donors (Lipinski definition) is 2. The number of rotatable bonds is 6. The maximum atomic E-state index is 12.4. The first-order valence-corrected chi connectivity index (χ1v) is 7.59. The predicted octanol–water partition coefficient (Wildman–Crippen LogP) is 2.74. The number of carbonyl (C=O) groups excluding carboxylic acids is 1. The van der Waals surface area contributed by atoms with Gasteiger partial charge in [0.2, 0.25) is 0 Å². The first kappa shape index (κ1) is 17.0. The van der Waals surface area contributed by atoms with E-state index in [-0.39, 0.29) is 11.9 Å². The Bertz CT molecular complexity index is 450. The lowest BCUT2D eigenvalue weighted by Gasteiger charge is -2.24. The van der Waals surface area contributed by atoms with Crippen LogP contribution in [0.2, 0.25) is 0 Å². The fourth-order valence-electron chi connectivity index (χ4n) is 2.18. The average Bonchev–Trinajstić information content (AvgIpc) is 2.30. The van der Waals surface area contributed by atoms with Crippen molar-refractivity contribution in [2.45, 2.75) is 26.3 Å². The summed E-state index contributed by atoms with van der Waals surface area (Å²) in [7, 11) is 4.01. The zero-order chi connectivity index (χ0) is 15.3. The minimum absolute atomic E-state index is 0.115. The number of benzene rings is 1. The van der Waals surface area contributed by atoms with Gasteiger partial charge in [0.25, 0.3) is 5.91 Å². The molecular formula is C15H24BrN3O. The maximum Gasteiger partial charge on any atom is 0.253 e. The third-order valence-corrected chi connectivity index (χ3v) is 3.43. The lowest BCUT2D eigenvalue weighted by molar-refractivity contribution is 0.0925. The van der Waals surface area contributed by atoms with Gasteiger partial charge in [-0.15, -0.1) is 0 Å². The van der Waals surface area contributed by atoms with Crippen molar-refractivity contribution in [3.05, 3.63) is 28.2 Å². The molecule has 0 aliphatic heterocycles. The van der Waals surface area contributed by atoms with Gasteiger partial charge in [0.1, 0.15) is 0 Å². The molecule has 1 unspecified atom stereocenters. The van der Waals surface area contributed by atoms with Crippen LogP contribution < -0.4 is 11.1 Å². The van der Waals surface area contributed by atoms with E-state index in [1.54, 1.807) is 12.1 Å². The van der Waals surface area contributed by atoms with Gasteiger partial charge in [0.15, 0.2) is 0 Å². The molecule has 1 aromatic rings. The Morgan fingerprint density at radius 1 is 1.40 bits per heavy atom. The molecule has 1 atom stereocenters. The number of nitrogens with two attached hydrogens (primary N) is 1. The van der Waals surface area contributed by atoms with Gasteiger partial charge >= 0.3 is 0 Å². The third-order valence-electron chi connectivity index (χ3n) is 2.94. The molecule has 0 saturated heterocycles. The Hall–Kier alpha value is -1.07. The highest BCUT2D eigenvalue weighted by Gasteiger charge is 2.17. The molecule has 0 radical (unpaired) electrons. The number of likely N-dealkylation sites (N-methyl/N-ethyl adjacent to an activating group) is 1. The molecule has 1 amide bonds. The van der Waals surface area contributed by atoms with E-state index >= 15 is 0 Å². The molecule has 0 aliphatic rings. The van der Waals surface area contributed by atoms with E-state index in [1.165, 1.54) is 0 Å². The van der Waals surface area contributed by atoms with Crippen molar-refractivity contribution in [3.63, 3.8) is 0 Å². The average molecular weight is 342 g/mol. The lowest BCUT2D eigenvalue weighted by Crippen LogP contribution is -2.42. The molecular weight excluding hydrogens is 318 g/mol. The standard InChI is InChI=1S/C15H24BrN3O/c1-10(2)7-12(9-19(3)4)18-15(20)13-8-11(16)5-6-14(13)17/h5-6,8,10,12H,7,9,17H2,1-4H3,(H,18,20). The Morgan fingerprint density at radius 2 is 2.05 bits per heavy atom. The van der Waals surface area contributed by atoms with Crippen LogP contribution in [0.25, 0.3) is 0 Å². The number of nitrogen functional groups attached to an aromatic ring is 1. The molecule has 0 aromatic heterocycles. The number of anilines is 1. The summed E-state index contributed by atoms with van der Waals surface area (Å²) in [5.74, 6) is 0.413. The van der Waals surface area contributed by atoms with Crippen molar-refractivity contribution < 1.29 is 4.79 Å². The summed E-state index contributed by atoms with van der Waals surface area (Å²) in [5.41, 5.74) is 6.90. The van der Waals surface area contributed by atoms with Crippen LogP contribution in [0.4, 0.5) is 5.69 Å². The van der Waals surface area contributed by atoms with Gasteiger partial charge in [-0.3, -0.25) is 4.79 Å². The van der Waals surface area contributed by atoms with E-state index < -0.39 is 0 Å². The van der Waals surface area contributed by atoms with Crippen molar-refractivity contribution in [2.24, 2.45) is 5.92 Å². The summed E-state index contributed by atoms with van der Waals surface area (Å²) in [6.07, 6.45) is 0.942. The van der Waals surface area contributed by atoms with E-state index in [9.17, 15) is 4.79 Å². The fourth-order valence-corrected chi connectivity index (χ4v) is 2.54. The fraction of sp³-hybridized carbons (Fsp3) is 0.533. The summed E-state index contributed by atoms with van der Waals surface area (Å²) in [4.78, 5) is 14.4. The molecule has 0 aliphatic carbocycles. The molecule has 3 N–H and O–H groups in total. The number of nitrogens with zero attached hydrogens (tertiary/aromatic N) is 1. The van der Waals surface area contributed by atoms with E-state index in [4.69, 9.17) is 5.73 Å². The summed E-state index contributed by atoms with van der Waals surface area (Å²) in [5, 5.41) is 3.08. The first-order chi connectivity index (χ1) is 9.29. The predicted molar refractivity (Wildman–Crippen MR) is 87.8 cm³/mol. The second kappa shape index (κ2) is 7.64. The number of hydrogen-bond acceptors (Lipinski definition) is 3. The van der Waals surface area contributed by atoms with Crippen LogP contribution in [0.3, 0.4) is 0 Å². The highest BCUT2D eigenvalue weighted by atomic mass is 79.9. The summed E-state index contributed by atoms with van der Waals surface area (Å²) >= 11 is 3.37. The minimum atomic E-state index is -0.115. The summed E-state index contributed by atoms with van der Waals surface area (Å²) < 4.78 is 0.852. The molecule has 112 valence electrons. The van der Waals surface area contributed by atoms with E-state index in [0.717, 1.165) is 17.4 Å². The normalized spacial score (nSPS) is 12.8. The van der Waals surface area contributed by atoms with Crippen LogP contribution in [0, 0.1) is 5.92 Å². The quantitative estimate of drug-likeness (QED) is 0.782. The van der Waals surface area contributed by atoms with Crippen molar-refractivity contribution >= 4 is 27.5 Å². The molecule has 0 bridgehead atoms. The van der Waals surface area contributed by atoms with Crippen LogP contribution in [-0.2, 0) is 0 Å². The molecule has 0 saturated carbocycles. The lowest BCUT2D eigenvalue weighted by atomic mass is 10.0. The van der Waals surface area contributed by atoms with Crippen molar-refractivity contribution in [3.8, 4) is 0 Å². The van der Waals surface area contributed by atoms with Crippen LogP contribution in [-0.4, -0.2) is 37.5 Å². The molecule has 0 fully saturated rings. The number of halogens is 1. The number of nitrogens with one attached hydrogen (secondary N) is 1. The van der Waals surface area contributed by atoms with Crippen molar-refractivity contribution in [1.82, 2.24) is 10.2 Å². The van der Waals surface area contributed by atoms with Crippen molar-refractivity contribution in [1.29, 1.82) is 0 Å². The van der Waals surface area contributed by atoms with Gasteiger partial charge in [-0.25, -0.2) is 0 Å². The van der Waals surface area contributed by atoms with Crippen LogP contribution in [0.5, 0.6) is 0 Å². The van der Waals surface area contributed by atoms with Gasteiger partial charge in [-0.1, -0.05) is 29.8 Å². The largest absolute Gasteiger partial charge is 0.398 e. The molecule has 5 heteroatoms. The highest BCUT2D eigenvalue weighted by Crippen LogP contribution is 2.19. The molecule has 1 aromatic carbocycles. The third kappa shape index (κ3) is 5.51. The zero-order valence-electron chi connectivity index (χ0n) is 12.6. The van der Waals surface area contributed by atoms with Crippen molar-refractivity contribution in [2.75, 3.05) is 26.4 Å². The monoisotopic (exact) mass is 341 g/mol. The van der Waals surface area contributed by atoms with E-state index in [0.29, 0.717) is 17.2 Å². The minimum Gasteiger partial charge on any atom is -0.398 e. The van der Waals surface area contributed by atoms with Crippen LogP contribution >= 0.6 is 15.9 Å². The van der Waals surface area contributed by atoms with E-state index in [2.05, 4.69) is 40.0 Å². The van der Waals surface area contributed by atoms with E-state index in [1.807, 2.05) is 20.2 Å². The topological polar surface area (TPSA) is 58.4 Å². The second-order valence-electron chi connectivity index (χ2n) is 5.79. The number of amides is 1. The molecule has 0 spiro atoms.